The van der Waals surface area contributed by atoms with Crippen LogP contribution in [0.5, 0.6) is 5.75 Å². The number of aromatic hydroxyl groups is 1. The molecule has 0 unspecified atom stereocenters. The van der Waals surface area contributed by atoms with Crippen molar-refractivity contribution in [2.24, 2.45) is 5.41 Å². The molecule has 0 radical (unpaired) electrons. The molecule has 3 nitrogen and oxygen atoms in total. The summed E-state index contributed by atoms with van der Waals surface area (Å²) in [7, 11) is 2.17. The van der Waals surface area contributed by atoms with E-state index in [1.807, 2.05) is 12.1 Å². The van der Waals surface area contributed by atoms with Crippen molar-refractivity contribution in [2.75, 3.05) is 25.0 Å². The molecule has 3 heteroatoms. The van der Waals surface area contributed by atoms with Gasteiger partial charge >= 0.3 is 0 Å². The third kappa shape index (κ3) is 3.26. The minimum atomic E-state index is 0.341. The van der Waals surface area contributed by atoms with Crippen molar-refractivity contribution in [1.29, 1.82) is 0 Å². The molecule has 2 saturated carbocycles. The molecule has 3 rings (SSSR count). The number of nitrogens with one attached hydrogen (secondary N) is 1. The average molecular weight is 274 g/mol. The lowest BCUT2D eigenvalue weighted by Crippen LogP contribution is -2.42. The first kappa shape index (κ1) is 13.7. The molecular weight excluding hydrogens is 248 g/mol. The molecule has 2 N–H and O–H groups in total. The smallest absolute Gasteiger partial charge is 0.115 e. The molecule has 0 amide bonds. The van der Waals surface area contributed by atoms with Gasteiger partial charge in [-0.15, -0.1) is 0 Å². The summed E-state index contributed by atoms with van der Waals surface area (Å²) in [6, 6.07) is 8.36. The number of rotatable bonds is 6. The second-order valence-electron chi connectivity index (χ2n) is 6.73. The van der Waals surface area contributed by atoms with Gasteiger partial charge in [0.25, 0.3) is 0 Å². The SMILES string of the molecule is CN(CC1(CNC2CC2)CCCC1)c1ccc(O)cc1. The van der Waals surface area contributed by atoms with E-state index in [-0.39, 0.29) is 0 Å². The number of phenols is 1. The van der Waals surface area contributed by atoms with Gasteiger partial charge < -0.3 is 15.3 Å². The highest BCUT2D eigenvalue weighted by molar-refractivity contribution is 5.48. The molecule has 0 heterocycles. The Morgan fingerprint density at radius 3 is 2.45 bits per heavy atom. The predicted molar refractivity (Wildman–Crippen MR) is 83.3 cm³/mol. The minimum absolute atomic E-state index is 0.341. The summed E-state index contributed by atoms with van der Waals surface area (Å²) >= 11 is 0. The summed E-state index contributed by atoms with van der Waals surface area (Å²) in [4.78, 5) is 2.35. The number of benzene rings is 1. The summed E-state index contributed by atoms with van der Waals surface area (Å²) in [5.74, 6) is 0.341. The van der Waals surface area contributed by atoms with Gasteiger partial charge in [-0.05, 0) is 49.9 Å². The summed E-state index contributed by atoms with van der Waals surface area (Å²) in [5, 5.41) is 13.1. The summed E-state index contributed by atoms with van der Waals surface area (Å²) in [5.41, 5.74) is 1.63. The molecule has 2 aliphatic rings. The molecule has 0 aliphatic heterocycles. The molecule has 0 aromatic heterocycles. The molecule has 0 bridgehead atoms. The highest BCUT2D eigenvalue weighted by Crippen LogP contribution is 2.39. The molecule has 0 spiro atoms. The number of hydrogen-bond acceptors (Lipinski definition) is 3. The van der Waals surface area contributed by atoms with E-state index in [0.29, 0.717) is 11.2 Å². The van der Waals surface area contributed by atoms with Crippen molar-refractivity contribution in [2.45, 2.75) is 44.6 Å². The Hall–Kier alpha value is -1.22. The first-order valence-corrected chi connectivity index (χ1v) is 7.90. The Morgan fingerprint density at radius 1 is 1.20 bits per heavy atom. The Balaban J connectivity index is 1.63. The van der Waals surface area contributed by atoms with E-state index in [1.54, 1.807) is 12.1 Å². The summed E-state index contributed by atoms with van der Waals surface area (Å²) < 4.78 is 0. The van der Waals surface area contributed by atoms with Crippen LogP contribution in [0, 0.1) is 5.41 Å². The quantitative estimate of drug-likeness (QED) is 0.836. The number of phenolic OH excluding ortho intramolecular Hbond substituents is 1. The van der Waals surface area contributed by atoms with Gasteiger partial charge in [0.1, 0.15) is 5.75 Å². The van der Waals surface area contributed by atoms with E-state index in [9.17, 15) is 5.11 Å². The standard InChI is InChI=1S/C17H26N2O/c1-19(15-6-8-16(20)9-7-15)13-17(10-2-3-11-17)12-18-14-4-5-14/h6-9,14,18,20H,2-5,10-13H2,1H3. The van der Waals surface area contributed by atoms with Gasteiger partial charge in [0, 0.05) is 37.3 Å². The van der Waals surface area contributed by atoms with Gasteiger partial charge in [0.2, 0.25) is 0 Å². The fourth-order valence-corrected chi connectivity index (χ4v) is 3.47. The van der Waals surface area contributed by atoms with Crippen LogP contribution >= 0.6 is 0 Å². The van der Waals surface area contributed by atoms with Gasteiger partial charge in [-0.2, -0.15) is 0 Å². The maximum absolute atomic E-state index is 9.40. The van der Waals surface area contributed by atoms with Gasteiger partial charge in [0.15, 0.2) is 0 Å². The zero-order valence-corrected chi connectivity index (χ0v) is 12.4. The molecule has 20 heavy (non-hydrogen) atoms. The highest BCUT2D eigenvalue weighted by Gasteiger charge is 2.36. The van der Waals surface area contributed by atoms with E-state index in [2.05, 4.69) is 17.3 Å². The van der Waals surface area contributed by atoms with Crippen molar-refractivity contribution in [3.63, 3.8) is 0 Å². The van der Waals surface area contributed by atoms with Crippen molar-refractivity contribution >= 4 is 5.69 Å². The van der Waals surface area contributed by atoms with Crippen LogP contribution < -0.4 is 10.2 Å². The Bertz CT molecular complexity index is 433. The van der Waals surface area contributed by atoms with Crippen molar-refractivity contribution < 1.29 is 5.11 Å². The number of anilines is 1. The van der Waals surface area contributed by atoms with E-state index < -0.39 is 0 Å². The highest BCUT2D eigenvalue weighted by atomic mass is 16.3. The molecular formula is C17H26N2O. The largest absolute Gasteiger partial charge is 0.508 e. The van der Waals surface area contributed by atoms with E-state index in [0.717, 1.165) is 12.6 Å². The van der Waals surface area contributed by atoms with Crippen LogP contribution in [0.1, 0.15) is 38.5 Å². The van der Waals surface area contributed by atoms with Crippen LogP contribution in [0.15, 0.2) is 24.3 Å². The third-order valence-electron chi connectivity index (χ3n) is 4.87. The maximum Gasteiger partial charge on any atom is 0.115 e. The summed E-state index contributed by atoms with van der Waals surface area (Å²) in [6.07, 6.45) is 8.16. The lowest BCUT2D eigenvalue weighted by Gasteiger charge is -2.35. The Morgan fingerprint density at radius 2 is 1.85 bits per heavy atom. The fraction of sp³-hybridized carbons (Fsp3) is 0.647. The van der Waals surface area contributed by atoms with Gasteiger partial charge in [-0.25, -0.2) is 0 Å². The Labute approximate surface area is 122 Å². The topological polar surface area (TPSA) is 35.5 Å². The van der Waals surface area contributed by atoms with E-state index >= 15 is 0 Å². The number of hydrogen-bond donors (Lipinski definition) is 2. The molecule has 2 aliphatic carbocycles. The van der Waals surface area contributed by atoms with Crippen LogP contribution in [-0.2, 0) is 0 Å². The third-order valence-corrected chi connectivity index (χ3v) is 4.87. The minimum Gasteiger partial charge on any atom is -0.508 e. The van der Waals surface area contributed by atoms with Gasteiger partial charge in [0.05, 0.1) is 0 Å². The average Bonchev–Trinajstić information content (AvgIpc) is 3.17. The van der Waals surface area contributed by atoms with Gasteiger partial charge in [-0.1, -0.05) is 12.8 Å². The maximum atomic E-state index is 9.40. The molecule has 0 atom stereocenters. The normalized spacial score (nSPS) is 21.1. The Kier molecular flexibility index (Phi) is 3.88. The molecule has 110 valence electrons. The van der Waals surface area contributed by atoms with E-state index in [1.165, 1.54) is 50.8 Å². The molecule has 1 aromatic carbocycles. The van der Waals surface area contributed by atoms with Crippen LogP contribution in [0.4, 0.5) is 5.69 Å². The van der Waals surface area contributed by atoms with Crippen LogP contribution in [0.2, 0.25) is 0 Å². The molecule has 0 saturated heterocycles. The van der Waals surface area contributed by atoms with Crippen LogP contribution in [0.25, 0.3) is 0 Å². The van der Waals surface area contributed by atoms with Crippen LogP contribution in [-0.4, -0.2) is 31.3 Å². The second kappa shape index (κ2) is 5.65. The van der Waals surface area contributed by atoms with E-state index in [4.69, 9.17) is 0 Å². The number of nitrogens with zero attached hydrogens (tertiary/aromatic N) is 1. The zero-order chi connectivity index (χ0) is 14.0. The van der Waals surface area contributed by atoms with Crippen molar-refractivity contribution in [3.8, 4) is 5.75 Å². The second-order valence-corrected chi connectivity index (χ2v) is 6.73. The first-order valence-electron chi connectivity index (χ1n) is 7.90. The van der Waals surface area contributed by atoms with Crippen LogP contribution in [0.3, 0.4) is 0 Å². The molecule has 1 aromatic rings. The molecule has 2 fully saturated rings. The summed E-state index contributed by atoms with van der Waals surface area (Å²) in [6.45, 7) is 2.28. The van der Waals surface area contributed by atoms with Gasteiger partial charge in [-0.3, -0.25) is 0 Å². The first-order chi connectivity index (χ1) is 9.67. The zero-order valence-electron chi connectivity index (χ0n) is 12.4. The van der Waals surface area contributed by atoms with Crippen molar-refractivity contribution in [1.82, 2.24) is 5.32 Å². The predicted octanol–water partition coefficient (Wildman–Crippen LogP) is 3.14. The lowest BCUT2D eigenvalue weighted by atomic mass is 9.85. The fourth-order valence-electron chi connectivity index (χ4n) is 3.47. The van der Waals surface area contributed by atoms with Crippen molar-refractivity contribution in [3.05, 3.63) is 24.3 Å². The lowest BCUT2D eigenvalue weighted by molar-refractivity contribution is 0.285. The monoisotopic (exact) mass is 274 g/mol.